The Labute approximate surface area is 108 Å². The van der Waals surface area contributed by atoms with Gasteiger partial charge in [0.25, 0.3) is 0 Å². The molecule has 0 spiro atoms. The smallest absolute Gasteiger partial charge is 0.247 e. The topological polar surface area (TPSA) is 52.6 Å². The molecule has 102 valence electrons. The van der Waals surface area contributed by atoms with Crippen LogP contribution in [0.1, 0.15) is 33.1 Å². The van der Waals surface area contributed by atoms with Gasteiger partial charge in [0.1, 0.15) is 5.54 Å². The first-order valence-corrected chi connectivity index (χ1v) is 6.75. The SMILES string of the molecule is CN1CCN(C(=O)[C@H]2CCCCN2)C(C)(C)C1=O. The van der Waals surface area contributed by atoms with Crippen molar-refractivity contribution in [3.8, 4) is 0 Å². The second-order valence-electron chi connectivity index (χ2n) is 5.78. The minimum Gasteiger partial charge on any atom is -0.342 e. The van der Waals surface area contributed by atoms with E-state index >= 15 is 0 Å². The predicted octanol–water partition coefficient (Wildman–Crippen LogP) is 0.208. The van der Waals surface area contributed by atoms with Gasteiger partial charge in [0.15, 0.2) is 0 Å². The minimum atomic E-state index is -0.719. The van der Waals surface area contributed by atoms with Gasteiger partial charge >= 0.3 is 0 Å². The predicted molar refractivity (Wildman–Crippen MR) is 69.1 cm³/mol. The highest BCUT2D eigenvalue weighted by Gasteiger charge is 2.44. The van der Waals surface area contributed by atoms with Crippen LogP contribution >= 0.6 is 0 Å². The van der Waals surface area contributed by atoms with Gasteiger partial charge in [-0.05, 0) is 33.2 Å². The quantitative estimate of drug-likeness (QED) is 0.727. The highest BCUT2D eigenvalue weighted by atomic mass is 16.2. The molecule has 1 N–H and O–H groups in total. The summed E-state index contributed by atoms with van der Waals surface area (Å²) < 4.78 is 0. The molecular formula is C13H23N3O2. The zero-order valence-corrected chi connectivity index (χ0v) is 11.5. The van der Waals surface area contributed by atoms with Gasteiger partial charge in [-0.25, -0.2) is 0 Å². The maximum atomic E-state index is 12.5. The van der Waals surface area contributed by atoms with Crippen molar-refractivity contribution in [1.29, 1.82) is 0 Å². The fraction of sp³-hybridized carbons (Fsp3) is 0.846. The monoisotopic (exact) mass is 253 g/mol. The van der Waals surface area contributed by atoms with Crippen LogP contribution in [0.3, 0.4) is 0 Å². The van der Waals surface area contributed by atoms with E-state index in [1.807, 2.05) is 13.8 Å². The number of piperazine rings is 1. The Morgan fingerprint density at radius 3 is 2.67 bits per heavy atom. The van der Waals surface area contributed by atoms with E-state index in [4.69, 9.17) is 0 Å². The van der Waals surface area contributed by atoms with E-state index in [2.05, 4.69) is 5.32 Å². The highest BCUT2D eigenvalue weighted by Crippen LogP contribution is 2.24. The second-order valence-corrected chi connectivity index (χ2v) is 5.78. The van der Waals surface area contributed by atoms with Crippen molar-refractivity contribution in [2.75, 3.05) is 26.7 Å². The number of piperidine rings is 1. The van der Waals surface area contributed by atoms with E-state index in [0.29, 0.717) is 13.1 Å². The van der Waals surface area contributed by atoms with Gasteiger partial charge in [-0.3, -0.25) is 9.59 Å². The Morgan fingerprint density at radius 1 is 1.33 bits per heavy atom. The molecule has 0 aromatic heterocycles. The molecule has 5 nitrogen and oxygen atoms in total. The zero-order chi connectivity index (χ0) is 13.3. The fourth-order valence-electron chi connectivity index (χ4n) is 2.85. The Balaban J connectivity index is 2.11. The van der Waals surface area contributed by atoms with Crippen molar-refractivity contribution in [3.63, 3.8) is 0 Å². The average Bonchev–Trinajstić information content (AvgIpc) is 2.36. The van der Waals surface area contributed by atoms with Crippen LogP contribution in [0.25, 0.3) is 0 Å². The lowest BCUT2D eigenvalue weighted by Gasteiger charge is -2.46. The molecular weight excluding hydrogens is 230 g/mol. The van der Waals surface area contributed by atoms with Crippen molar-refractivity contribution >= 4 is 11.8 Å². The first-order valence-electron chi connectivity index (χ1n) is 6.75. The normalized spacial score (nSPS) is 28.4. The van der Waals surface area contributed by atoms with Crippen LogP contribution < -0.4 is 5.32 Å². The molecule has 2 rings (SSSR count). The van der Waals surface area contributed by atoms with Crippen molar-refractivity contribution in [2.45, 2.75) is 44.7 Å². The lowest BCUT2D eigenvalue weighted by Crippen LogP contribution is -2.66. The molecule has 0 bridgehead atoms. The maximum Gasteiger partial charge on any atom is 0.247 e. The van der Waals surface area contributed by atoms with Crippen LogP contribution in [0.2, 0.25) is 0 Å². The summed E-state index contributed by atoms with van der Waals surface area (Å²) >= 11 is 0. The van der Waals surface area contributed by atoms with E-state index < -0.39 is 5.54 Å². The second kappa shape index (κ2) is 4.88. The van der Waals surface area contributed by atoms with Crippen LogP contribution in [0.15, 0.2) is 0 Å². The van der Waals surface area contributed by atoms with Crippen molar-refractivity contribution in [3.05, 3.63) is 0 Å². The molecule has 2 amide bonds. The van der Waals surface area contributed by atoms with Gasteiger partial charge < -0.3 is 15.1 Å². The van der Waals surface area contributed by atoms with E-state index in [1.54, 1.807) is 16.8 Å². The number of hydrogen-bond acceptors (Lipinski definition) is 3. The number of rotatable bonds is 1. The van der Waals surface area contributed by atoms with Crippen molar-refractivity contribution < 1.29 is 9.59 Å². The Kier molecular flexibility index (Phi) is 3.61. The molecule has 2 aliphatic rings. The summed E-state index contributed by atoms with van der Waals surface area (Å²) in [6.45, 7) is 5.84. The lowest BCUT2D eigenvalue weighted by atomic mass is 9.95. The first-order chi connectivity index (χ1) is 8.44. The summed E-state index contributed by atoms with van der Waals surface area (Å²) in [4.78, 5) is 28.1. The number of nitrogens with one attached hydrogen (secondary N) is 1. The van der Waals surface area contributed by atoms with Crippen LogP contribution in [0, 0.1) is 0 Å². The summed E-state index contributed by atoms with van der Waals surface area (Å²) in [7, 11) is 1.80. The maximum absolute atomic E-state index is 12.5. The number of hydrogen-bond donors (Lipinski definition) is 1. The summed E-state index contributed by atoms with van der Waals surface area (Å²) in [6.07, 6.45) is 3.11. The molecule has 0 unspecified atom stereocenters. The van der Waals surface area contributed by atoms with Crippen molar-refractivity contribution in [2.24, 2.45) is 0 Å². The fourth-order valence-corrected chi connectivity index (χ4v) is 2.85. The molecule has 0 saturated carbocycles. The lowest BCUT2D eigenvalue weighted by molar-refractivity contribution is -0.158. The van der Waals surface area contributed by atoms with E-state index in [-0.39, 0.29) is 17.9 Å². The number of nitrogens with zero attached hydrogens (tertiary/aromatic N) is 2. The third kappa shape index (κ3) is 2.23. The summed E-state index contributed by atoms with van der Waals surface area (Å²) in [6, 6.07) is -0.103. The zero-order valence-electron chi connectivity index (χ0n) is 11.5. The summed E-state index contributed by atoms with van der Waals surface area (Å²) in [5, 5.41) is 3.26. The van der Waals surface area contributed by atoms with Gasteiger partial charge in [-0.15, -0.1) is 0 Å². The molecule has 1 atom stereocenters. The standard InChI is InChI=1S/C13H23N3O2/c1-13(2)12(18)15(3)8-9-16(13)11(17)10-6-4-5-7-14-10/h10,14H,4-9H2,1-3H3/t10-/m1/s1. The van der Waals surface area contributed by atoms with Gasteiger partial charge in [0, 0.05) is 20.1 Å². The van der Waals surface area contributed by atoms with Crippen molar-refractivity contribution in [1.82, 2.24) is 15.1 Å². The molecule has 0 aromatic carbocycles. The third-order valence-electron chi connectivity index (χ3n) is 4.08. The molecule has 2 fully saturated rings. The molecule has 0 aliphatic carbocycles. The molecule has 0 aromatic rings. The third-order valence-corrected chi connectivity index (χ3v) is 4.08. The minimum absolute atomic E-state index is 0.0258. The Bertz CT molecular complexity index is 348. The van der Waals surface area contributed by atoms with E-state index in [0.717, 1.165) is 25.8 Å². The largest absolute Gasteiger partial charge is 0.342 e. The molecule has 2 saturated heterocycles. The molecule has 0 radical (unpaired) electrons. The Morgan fingerprint density at radius 2 is 2.06 bits per heavy atom. The van der Waals surface area contributed by atoms with Gasteiger partial charge in [-0.1, -0.05) is 6.42 Å². The van der Waals surface area contributed by atoms with Gasteiger partial charge in [-0.2, -0.15) is 0 Å². The highest BCUT2D eigenvalue weighted by molar-refractivity contribution is 5.93. The number of likely N-dealkylation sites (N-methyl/N-ethyl adjacent to an activating group) is 1. The molecule has 2 aliphatic heterocycles. The molecule has 18 heavy (non-hydrogen) atoms. The van der Waals surface area contributed by atoms with Gasteiger partial charge in [0.2, 0.25) is 11.8 Å². The molecule has 5 heteroatoms. The molecule has 2 heterocycles. The van der Waals surface area contributed by atoms with Crippen LogP contribution in [-0.2, 0) is 9.59 Å². The van der Waals surface area contributed by atoms with Crippen LogP contribution in [0.5, 0.6) is 0 Å². The van der Waals surface area contributed by atoms with Crippen LogP contribution in [0.4, 0.5) is 0 Å². The van der Waals surface area contributed by atoms with Crippen LogP contribution in [-0.4, -0.2) is 59.9 Å². The van der Waals surface area contributed by atoms with Gasteiger partial charge in [0.05, 0.1) is 6.04 Å². The summed E-state index contributed by atoms with van der Waals surface area (Å²) in [5.41, 5.74) is -0.719. The van der Waals surface area contributed by atoms with E-state index in [9.17, 15) is 9.59 Å². The number of carbonyl (C=O) groups is 2. The summed E-state index contributed by atoms with van der Waals surface area (Å²) in [5.74, 6) is 0.110. The first kappa shape index (κ1) is 13.3. The number of amides is 2. The average molecular weight is 253 g/mol. The van der Waals surface area contributed by atoms with E-state index in [1.165, 1.54) is 0 Å². The Hall–Kier alpha value is -1.10. The number of carbonyl (C=O) groups excluding carboxylic acids is 2.